The summed E-state index contributed by atoms with van der Waals surface area (Å²) in [4.78, 5) is 26.5. The van der Waals surface area contributed by atoms with Gasteiger partial charge < -0.3 is 14.2 Å². The molecule has 7 nitrogen and oxygen atoms in total. The first-order valence-corrected chi connectivity index (χ1v) is 12.4. The van der Waals surface area contributed by atoms with Crippen molar-refractivity contribution in [2.45, 2.75) is 29.8 Å². The predicted molar refractivity (Wildman–Crippen MR) is 117 cm³/mol. The maximum absolute atomic E-state index is 13.2. The number of likely N-dealkylation sites (tertiary alicyclic amines) is 1. The van der Waals surface area contributed by atoms with Crippen molar-refractivity contribution in [1.82, 2.24) is 4.90 Å². The first-order chi connectivity index (χ1) is 14.6. The zero-order valence-corrected chi connectivity index (χ0v) is 21.8. The Kier molecular flexibility index (Phi) is 9.42. The summed E-state index contributed by atoms with van der Waals surface area (Å²) in [5.74, 6) is -1.49. The molecule has 2 aromatic carbocycles. The summed E-state index contributed by atoms with van der Waals surface area (Å²) < 4.78 is 39.4. The van der Waals surface area contributed by atoms with E-state index in [4.69, 9.17) is 16.3 Å². The molecule has 0 radical (unpaired) electrons. The van der Waals surface area contributed by atoms with Crippen LogP contribution in [0.25, 0.3) is 0 Å². The third-order valence-corrected chi connectivity index (χ3v) is 7.44. The average molecular weight is 504 g/mol. The Morgan fingerprint density at radius 2 is 1.59 bits per heavy atom. The molecule has 0 bridgehead atoms. The number of amides is 1. The van der Waals surface area contributed by atoms with Crippen molar-refractivity contribution in [2.24, 2.45) is 0 Å². The van der Waals surface area contributed by atoms with Crippen LogP contribution in [0.15, 0.2) is 72.8 Å². The van der Waals surface area contributed by atoms with Crippen molar-refractivity contribution in [1.29, 1.82) is 0 Å². The molecule has 1 saturated heterocycles. The molecule has 0 saturated carbocycles. The molecule has 1 aliphatic heterocycles. The number of halogens is 1. The van der Waals surface area contributed by atoms with E-state index >= 15 is 0 Å². The molecule has 1 aliphatic rings. The number of carbonyl (C=O) groups excluding carboxylic acids is 2. The summed E-state index contributed by atoms with van der Waals surface area (Å²) in [6.45, 7) is 5.26. The van der Waals surface area contributed by atoms with E-state index in [1.54, 1.807) is 48.5 Å². The summed E-state index contributed by atoms with van der Waals surface area (Å²) in [6, 6.07) is 16.8. The van der Waals surface area contributed by atoms with Crippen LogP contribution in [0.3, 0.4) is 0 Å². The Bertz CT molecular complexity index is 1040. The van der Waals surface area contributed by atoms with Crippen molar-refractivity contribution < 1.29 is 56.9 Å². The number of alkyl halides is 1. The molecule has 0 N–H and O–H groups in total. The van der Waals surface area contributed by atoms with Crippen molar-refractivity contribution in [3.63, 3.8) is 0 Å². The average Bonchev–Trinajstić information content (AvgIpc) is 2.74. The number of rotatable bonds is 8. The van der Waals surface area contributed by atoms with E-state index < -0.39 is 43.9 Å². The predicted octanol–water partition coefficient (Wildman–Crippen LogP) is 0.237. The largest absolute Gasteiger partial charge is 1.00 e. The Balaban J connectivity index is 0.00000363. The maximum Gasteiger partial charge on any atom is 1.00 e. The number of hydrogen-bond donors (Lipinski definition) is 0. The Labute approximate surface area is 217 Å². The topological polar surface area (TPSA) is 104 Å². The van der Waals surface area contributed by atoms with Gasteiger partial charge in [0.2, 0.25) is 5.91 Å². The second kappa shape index (κ2) is 11.2. The van der Waals surface area contributed by atoms with E-state index in [0.717, 1.165) is 4.90 Å². The van der Waals surface area contributed by atoms with Crippen LogP contribution in [-0.2, 0) is 23.5 Å². The SMILES string of the molecule is C=C(C)[C@H](C(=O)OC(c1ccccc1)c1ccccc1)N1C(=O)[C@H](Cl)[C@H]1SS(=O)(=O)[O-].[Na+]. The third kappa shape index (κ3) is 6.17. The van der Waals surface area contributed by atoms with E-state index in [1.807, 2.05) is 12.1 Å². The van der Waals surface area contributed by atoms with Gasteiger partial charge in [0.05, 0.1) is 0 Å². The van der Waals surface area contributed by atoms with Crippen LogP contribution in [0.5, 0.6) is 0 Å². The smallest absolute Gasteiger partial charge is 0.739 e. The second-order valence-corrected chi connectivity index (χ2v) is 10.7. The molecule has 11 heteroatoms. The maximum atomic E-state index is 13.2. The molecule has 3 atom stereocenters. The van der Waals surface area contributed by atoms with Gasteiger partial charge in [-0.2, -0.15) is 0 Å². The molecule has 1 heterocycles. The molecular formula is C21H19ClNNaO6S2. The fraction of sp³-hybridized carbons (Fsp3) is 0.238. The van der Waals surface area contributed by atoms with E-state index in [2.05, 4.69) is 6.58 Å². The fourth-order valence-corrected chi connectivity index (χ4v) is 5.94. The van der Waals surface area contributed by atoms with E-state index in [-0.39, 0.29) is 45.9 Å². The minimum atomic E-state index is -4.76. The summed E-state index contributed by atoms with van der Waals surface area (Å²) in [5.41, 5.74) is 1.66. The molecule has 164 valence electrons. The first-order valence-electron chi connectivity index (χ1n) is 9.16. The van der Waals surface area contributed by atoms with E-state index in [9.17, 15) is 22.6 Å². The van der Waals surface area contributed by atoms with Gasteiger partial charge in [-0.3, -0.25) is 4.79 Å². The number of nitrogens with zero attached hydrogens (tertiary/aromatic N) is 1. The molecule has 1 amide bonds. The standard InChI is InChI=1S/C21H20ClNO6S2.Na/c1-13(2)17(23-19(24)16(22)20(23)30-31(26,27)28)21(25)29-18(14-9-5-3-6-10-14)15-11-7-4-8-12-15;/h3-12,16-18,20H,1H2,2H3,(H,26,27,28);/q;+1/p-1/t16-,17+,20+;/m0./s1. The number of carbonyl (C=O) groups is 2. The van der Waals surface area contributed by atoms with Gasteiger partial charge in [0.1, 0.15) is 10.8 Å². The van der Waals surface area contributed by atoms with Crippen LogP contribution in [0.1, 0.15) is 24.2 Å². The van der Waals surface area contributed by atoms with Crippen LogP contribution in [0, 0.1) is 0 Å². The van der Waals surface area contributed by atoms with Crippen molar-refractivity contribution in [3.8, 4) is 0 Å². The van der Waals surface area contributed by atoms with Gasteiger partial charge >= 0.3 is 35.5 Å². The number of benzene rings is 2. The van der Waals surface area contributed by atoms with Crippen molar-refractivity contribution in [3.05, 3.63) is 83.9 Å². The zero-order valence-electron chi connectivity index (χ0n) is 17.4. The van der Waals surface area contributed by atoms with Crippen LogP contribution in [0.4, 0.5) is 0 Å². The monoisotopic (exact) mass is 503 g/mol. The van der Waals surface area contributed by atoms with Gasteiger partial charge in [-0.05, 0) is 34.4 Å². The first kappa shape index (κ1) is 26.9. The van der Waals surface area contributed by atoms with Gasteiger partial charge in [-0.25, -0.2) is 13.2 Å². The number of β-lactam (4-membered cyclic amide) rings is 1. The summed E-state index contributed by atoms with van der Waals surface area (Å²) in [6.07, 6.45) is -0.769. The van der Waals surface area contributed by atoms with Crippen molar-refractivity contribution >= 4 is 43.4 Å². The van der Waals surface area contributed by atoms with Crippen LogP contribution < -0.4 is 29.6 Å². The van der Waals surface area contributed by atoms with Gasteiger partial charge in [-0.1, -0.05) is 67.2 Å². The molecule has 3 rings (SSSR count). The Morgan fingerprint density at radius 3 is 2.00 bits per heavy atom. The normalized spacial score (nSPS) is 19.0. The Morgan fingerprint density at radius 1 is 1.12 bits per heavy atom. The molecule has 32 heavy (non-hydrogen) atoms. The van der Waals surface area contributed by atoms with Gasteiger partial charge in [0.25, 0.3) is 0 Å². The number of ether oxygens (including phenoxy) is 1. The quantitative estimate of drug-likeness (QED) is 0.0966. The zero-order chi connectivity index (χ0) is 22.8. The van der Waals surface area contributed by atoms with Crippen LogP contribution in [-0.4, -0.2) is 46.5 Å². The molecular weight excluding hydrogens is 485 g/mol. The molecule has 1 fully saturated rings. The summed E-state index contributed by atoms with van der Waals surface area (Å²) in [5, 5.41) is -2.47. The Hall–Kier alpha value is -1.33. The third-order valence-electron chi connectivity index (χ3n) is 4.64. The minimum absolute atomic E-state index is 0. The summed E-state index contributed by atoms with van der Waals surface area (Å²) >= 11 is 5.92. The second-order valence-electron chi connectivity index (χ2n) is 6.93. The fourth-order valence-electron chi connectivity index (χ4n) is 3.26. The van der Waals surface area contributed by atoms with Gasteiger partial charge in [-0.15, -0.1) is 11.6 Å². The van der Waals surface area contributed by atoms with E-state index in [0.29, 0.717) is 11.1 Å². The number of esters is 1. The number of hydrogen-bond acceptors (Lipinski definition) is 7. The minimum Gasteiger partial charge on any atom is -0.739 e. The van der Waals surface area contributed by atoms with Gasteiger partial charge in [0, 0.05) is 0 Å². The molecule has 0 aromatic heterocycles. The molecule has 0 unspecified atom stereocenters. The van der Waals surface area contributed by atoms with Crippen LogP contribution in [0.2, 0.25) is 0 Å². The van der Waals surface area contributed by atoms with Gasteiger partial charge in [0.15, 0.2) is 21.3 Å². The molecule has 0 spiro atoms. The summed E-state index contributed by atoms with van der Waals surface area (Å²) in [7, 11) is -4.78. The van der Waals surface area contributed by atoms with E-state index in [1.165, 1.54) is 6.92 Å². The van der Waals surface area contributed by atoms with Crippen LogP contribution >= 0.6 is 22.4 Å². The molecule has 0 aliphatic carbocycles. The molecule has 2 aromatic rings. The van der Waals surface area contributed by atoms with Crippen molar-refractivity contribution in [2.75, 3.05) is 0 Å².